The molecule has 2 N–H and O–H groups in total. The van der Waals surface area contributed by atoms with Gasteiger partial charge in [-0.25, -0.2) is 4.39 Å². The van der Waals surface area contributed by atoms with E-state index in [4.69, 9.17) is 11.0 Å². The van der Waals surface area contributed by atoms with E-state index in [1.165, 1.54) is 0 Å². The fraction of sp³-hybridized carbons (Fsp3) is 0.462. The van der Waals surface area contributed by atoms with Crippen LogP contribution in [-0.2, 0) is 0 Å². The molecule has 1 atom stereocenters. The van der Waals surface area contributed by atoms with Gasteiger partial charge in [-0.3, -0.25) is 0 Å². The molecule has 4 nitrogen and oxygen atoms in total. The normalized spacial score (nSPS) is 20.4. The minimum absolute atomic E-state index is 0.0908. The molecule has 0 saturated carbocycles. The molecule has 19 heavy (non-hydrogen) atoms. The summed E-state index contributed by atoms with van der Waals surface area (Å²) in [5, 5.41) is 8.89. The first-order valence-corrected chi connectivity index (χ1v) is 6.91. The SMILES string of the molecule is CN1CCN(c2ccc(C#N)c(Br)c2F)C(CN)C1. The van der Waals surface area contributed by atoms with Gasteiger partial charge in [0.25, 0.3) is 0 Å². The van der Waals surface area contributed by atoms with Crippen molar-refractivity contribution in [3.05, 3.63) is 28.0 Å². The molecule has 0 aliphatic carbocycles. The van der Waals surface area contributed by atoms with E-state index in [9.17, 15) is 4.39 Å². The summed E-state index contributed by atoms with van der Waals surface area (Å²) in [6.07, 6.45) is 0. The van der Waals surface area contributed by atoms with Gasteiger partial charge in [-0.1, -0.05) is 0 Å². The number of nitrogens with two attached hydrogens (primary N) is 1. The summed E-state index contributed by atoms with van der Waals surface area (Å²) in [5.41, 5.74) is 6.60. The highest BCUT2D eigenvalue weighted by atomic mass is 79.9. The number of nitriles is 1. The second-order valence-corrected chi connectivity index (χ2v) is 5.51. The molecule has 102 valence electrons. The van der Waals surface area contributed by atoms with E-state index in [1.807, 2.05) is 18.0 Å². The Kier molecular flexibility index (Phi) is 4.40. The van der Waals surface area contributed by atoms with Gasteiger partial charge < -0.3 is 15.5 Å². The van der Waals surface area contributed by atoms with Crippen LogP contribution in [0.1, 0.15) is 5.56 Å². The van der Waals surface area contributed by atoms with E-state index in [1.54, 1.807) is 12.1 Å². The highest BCUT2D eigenvalue weighted by Crippen LogP contribution is 2.31. The molecular weight excluding hydrogens is 311 g/mol. The van der Waals surface area contributed by atoms with Gasteiger partial charge in [0.1, 0.15) is 6.07 Å². The number of anilines is 1. The van der Waals surface area contributed by atoms with E-state index >= 15 is 0 Å². The Balaban J connectivity index is 2.36. The van der Waals surface area contributed by atoms with Crippen molar-refractivity contribution in [2.45, 2.75) is 6.04 Å². The molecule has 1 saturated heterocycles. The number of nitrogens with zero attached hydrogens (tertiary/aromatic N) is 3. The maximum Gasteiger partial charge on any atom is 0.161 e. The average molecular weight is 327 g/mol. The molecule has 6 heteroatoms. The van der Waals surface area contributed by atoms with Crippen LogP contribution in [0.2, 0.25) is 0 Å². The molecule has 0 spiro atoms. The highest BCUT2D eigenvalue weighted by Gasteiger charge is 2.27. The zero-order valence-corrected chi connectivity index (χ0v) is 12.3. The number of hydrogen-bond acceptors (Lipinski definition) is 4. The Morgan fingerprint density at radius 1 is 1.53 bits per heavy atom. The fourth-order valence-electron chi connectivity index (χ4n) is 2.38. The van der Waals surface area contributed by atoms with Gasteiger partial charge in [0.05, 0.1) is 21.8 Å². The predicted molar refractivity (Wildman–Crippen MR) is 76.5 cm³/mol. The number of likely N-dealkylation sites (N-methyl/N-ethyl adjacent to an activating group) is 1. The summed E-state index contributed by atoms with van der Waals surface area (Å²) in [6.45, 7) is 2.89. The number of hydrogen-bond donors (Lipinski definition) is 1. The number of rotatable bonds is 2. The van der Waals surface area contributed by atoms with Crippen molar-refractivity contribution in [2.24, 2.45) is 5.73 Å². The van der Waals surface area contributed by atoms with Gasteiger partial charge in [0.2, 0.25) is 0 Å². The molecule has 0 aromatic heterocycles. The number of halogens is 2. The third kappa shape index (κ3) is 2.73. The average Bonchev–Trinajstić information content (AvgIpc) is 2.42. The predicted octanol–water partition coefficient (Wildman–Crippen LogP) is 1.54. The Bertz CT molecular complexity index is 514. The molecule has 1 aromatic rings. The Labute approximate surface area is 120 Å². The molecule has 0 bridgehead atoms. The fourth-order valence-corrected chi connectivity index (χ4v) is 2.80. The van der Waals surface area contributed by atoms with Crippen LogP contribution in [-0.4, -0.2) is 44.2 Å². The molecule has 1 aromatic carbocycles. The minimum Gasteiger partial charge on any atom is -0.362 e. The Morgan fingerprint density at radius 2 is 2.26 bits per heavy atom. The summed E-state index contributed by atoms with van der Waals surface area (Å²) in [4.78, 5) is 4.17. The monoisotopic (exact) mass is 326 g/mol. The van der Waals surface area contributed by atoms with Crippen LogP contribution in [0.3, 0.4) is 0 Å². The molecule has 1 fully saturated rings. The van der Waals surface area contributed by atoms with Crippen LogP contribution >= 0.6 is 15.9 Å². The van der Waals surface area contributed by atoms with Crippen LogP contribution in [0.15, 0.2) is 16.6 Å². The molecule has 1 aliphatic rings. The smallest absolute Gasteiger partial charge is 0.161 e. The van der Waals surface area contributed by atoms with Gasteiger partial charge in [-0.05, 0) is 35.1 Å². The Hall–Kier alpha value is -1.16. The van der Waals surface area contributed by atoms with Crippen molar-refractivity contribution < 1.29 is 4.39 Å². The molecule has 2 rings (SSSR count). The van der Waals surface area contributed by atoms with Gasteiger partial charge >= 0.3 is 0 Å². The van der Waals surface area contributed by atoms with E-state index in [0.29, 0.717) is 17.8 Å². The third-order valence-corrected chi connectivity index (χ3v) is 4.22. The van der Waals surface area contributed by atoms with E-state index in [-0.39, 0.29) is 16.3 Å². The lowest BCUT2D eigenvalue weighted by molar-refractivity contribution is 0.268. The lowest BCUT2D eigenvalue weighted by atomic mass is 10.1. The summed E-state index contributed by atoms with van der Waals surface area (Å²) >= 11 is 3.15. The Morgan fingerprint density at radius 3 is 2.89 bits per heavy atom. The van der Waals surface area contributed by atoms with E-state index in [2.05, 4.69) is 20.8 Å². The molecule has 1 unspecified atom stereocenters. The first-order valence-electron chi connectivity index (χ1n) is 6.11. The van der Waals surface area contributed by atoms with Gasteiger partial charge in [-0.2, -0.15) is 5.26 Å². The zero-order chi connectivity index (χ0) is 14.0. The molecular formula is C13H16BrFN4. The van der Waals surface area contributed by atoms with Crippen molar-refractivity contribution in [2.75, 3.05) is 38.1 Å². The van der Waals surface area contributed by atoms with Crippen molar-refractivity contribution in [1.82, 2.24) is 4.90 Å². The van der Waals surface area contributed by atoms with Crippen molar-refractivity contribution in [1.29, 1.82) is 5.26 Å². The highest BCUT2D eigenvalue weighted by molar-refractivity contribution is 9.10. The maximum atomic E-state index is 14.3. The van der Waals surface area contributed by atoms with Crippen LogP contribution in [0.4, 0.5) is 10.1 Å². The number of benzene rings is 1. The lowest BCUT2D eigenvalue weighted by Crippen LogP contribution is -2.55. The first kappa shape index (κ1) is 14.3. The van der Waals surface area contributed by atoms with Crippen LogP contribution in [0.5, 0.6) is 0 Å². The van der Waals surface area contributed by atoms with E-state index < -0.39 is 0 Å². The minimum atomic E-state index is -0.387. The topological polar surface area (TPSA) is 56.3 Å². The summed E-state index contributed by atoms with van der Waals surface area (Å²) in [5.74, 6) is -0.387. The van der Waals surface area contributed by atoms with E-state index in [0.717, 1.165) is 19.6 Å². The van der Waals surface area contributed by atoms with Gasteiger partial charge in [0, 0.05) is 26.2 Å². The van der Waals surface area contributed by atoms with Crippen LogP contribution in [0, 0.1) is 17.1 Å². The second kappa shape index (κ2) is 5.87. The molecule has 1 aliphatic heterocycles. The lowest BCUT2D eigenvalue weighted by Gasteiger charge is -2.41. The third-order valence-electron chi connectivity index (χ3n) is 3.45. The first-order chi connectivity index (χ1) is 9.08. The van der Waals surface area contributed by atoms with Crippen molar-refractivity contribution in [3.63, 3.8) is 0 Å². The van der Waals surface area contributed by atoms with Crippen molar-refractivity contribution >= 4 is 21.6 Å². The van der Waals surface area contributed by atoms with Crippen LogP contribution in [0.25, 0.3) is 0 Å². The summed E-state index contributed by atoms with van der Waals surface area (Å²) in [6, 6.07) is 5.34. The van der Waals surface area contributed by atoms with Gasteiger partial charge in [-0.15, -0.1) is 0 Å². The second-order valence-electron chi connectivity index (χ2n) is 4.72. The van der Waals surface area contributed by atoms with Crippen molar-refractivity contribution in [3.8, 4) is 6.07 Å². The quantitative estimate of drug-likeness (QED) is 0.895. The largest absolute Gasteiger partial charge is 0.362 e. The van der Waals surface area contributed by atoms with Crippen LogP contribution < -0.4 is 10.6 Å². The molecule has 0 amide bonds. The summed E-state index contributed by atoms with van der Waals surface area (Å²) < 4.78 is 14.6. The summed E-state index contributed by atoms with van der Waals surface area (Å²) in [7, 11) is 2.03. The standard InChI is InChI=1S/C13H16BrFN4/c1-18-4-5-19(10(7-17)8-18)11-3-2-9(6-16)12(14)13(11)15/h2-3,10H,4-5,7-8,17H2,1H3. The molecule has 1 heterocycles. The van der Waals surface area contributed by atoms with Gasteiger partial charge in [0.15, 0.2) is 5.82 Å². The zero-order valence-electron chi connectivity index (χ0n) is 10.7. The maximum absolute atomic E-state index is 14.3. The molecule has 0 radical (unpaired) electrons. The number of piperazine rings is 1.